The highest BCUT2D eigenvalue weighted by Crippen LogP contribution is 2.44. The smallest absolute Gasteiger partial charge is 0.411 e. The van der Waals surface area contributed by atoms with Gasteiger partial charge in [0.2, 0.25) is 0 Å². The van der Waals surface area contributed by atoms with E-state index in [-0.39, 0.29) is 29.5 Å². The highest BCUT2D eigenvalue weighted by atomic mass is 16.5. The van der Waals surface area contributed by atoms with Crippen LogP contribution in [0.4, 0.5) is 10.5 Å². The molecule has 0 heterocycles. The number of hydrogen-bond acceptors (Lipinski definition) is 4. The van der Waals surface area contributed by atoms with Crippen LogP contribution in [-0.4, -0.2) is 30.9 Å². The van der Waals surface area contributed by atoms with Crippen molar-refractivity contribution in [1.82, 2.24) is 0 Å². The van der Waals surface area contributed by atoms with Gasteiger partial charge in [0.15, 0.2) is 0 Å². The molecule has 0 unspecified atom stereocenters. The number of amides is 1. The molecular weight excluding hydrogens is 382 g/mol. The minimum absolute atomic E-state index is 0.0251. The maximum absolute atomic E-state index is 12.6. The van der Waals surface area contributed by atoms with E-state index in [1.165, 1.54) is 7.11 Å². The van der Waals surface area contributed by atoms with Crippen LogP contribution < -0.4 is 10.1 Å². The topological polar surface area (TPSA) is 84.9 Å². The monoisotopic (exact) mass is 403 g/mol. The number of carbonyl (C=O) groups is 2. The van der Waals surface area contributed by atoms with E-state index >= 15 is 0 Å². The number of benzene rings is 3. The molecule has 6 heteroatoms. The van der Waals surface area contributed by atoms with Crippen LogP contribution in [0.2, 0.25) is 0 Å². The van der Waals surface area contributed by atoms with Crippen LogP contribution in [0, 0.1) is 6.92 Å². The molecule has 1 aliphatic carbocycles. The van der Waals surface area contributed by atoms with Gasteiger partial charge in [-0.25, -0.2) is 9.59 Å². The third-order valence-electron chi connectivity index (χ3n) is 5.38. The first-order chi connectivity index (χ1) is 14.5. The van der Waals surface area contributed by atoms with Crippen molar-refractivity contribution in [2.24, 2.45) is 0 Å². The van der Waals surface area contributed by atoms with Gasteiger partial charge in [-0.2, -0.15) is 0 Å². The van der Waals surface area contributed by atoms with Crippen molar-refractivity contribution in [1.29, 1.82) is 0 Å². The number of hydrogen-bond donors (Lipinski definition) is 2. The zero-order valence-electron chi connectivity index (χ0n) is 16.6. The zero-order chi connectivity index (χ0) is 21.3. The summed E-state index contributed by atoms with van der Waals surface area (Å²) in [5.41, 5.74) is 5.05. The van der Waals surface area contributed by atoms with E-state index in [1.807, 2.05) is 36.4 Å². The summed E-state index contributed by atoms with van der Waals surface area (Å²) in [6, 6.07) is 19.3. The maximum atomic E-state index is 12.6. The molecule has 4 rings (SSSR count). The van der Waals surface area contributed by atoms with Gasteiger partial charge in [0.05, 0.1) is 12.7 Å². The molecule has 1 amide bonds. The molecule has 0 saturated heterocycles. The van der Waals surface area contributed by atoms with E-state index in [0.717, 1.165) is 22.3 Å². The Bertz CT molecular complexity index is 1090. The Morgan fingerprint density at radius 2 is 1.57 bits per heavy atom. The third kappa shape index (κ3) is 3.37. The van der Waals surface area contributed by atoms with Gasteiger partial charge in [0, 0.05) is 5.92 Å². The fourth-order valence-corrected chi connectivity index (χ4v) is 3.99. The van der Waals surface area contributed by atoms with Crippen LogP contribution in [0.1, 0.15) is 33.0 Å². The van der Waals surface area contributed by atoms with Crippen LogP contribution in [0.25, 0.3) is 11.1 Å². The first kappa shape index (κ1) is 19.5. The Balaban J connectivity index is 1.56. The molecule has 0 bridgehead atoms. The van der Waals surface area contributed by atoms with Gasteiger partial charge in [0.25, 0.3) is 0 Å². The first-order valence-corrected chi connectivity index (χ1v) is 9.54. The lowest BCUT2D eigenvalue weighted by Crippen LogP contribution is -2.20. The third-order valence-corrected chi connectivity index (χ3v) is 5.38. The van der Waals surface area contributed by atoms with Crippen molar-refractivity contribution < 1.29 is 24.2 Å². The molecule has 6 nitrogen and oxygen atoms in total. The Morgan fingerprint density at radius 3 is 2.13 bits per heavy atom. The van der Waals surface area contributed by atoms with E-state index in [4.69, 9.17) is 9.47 Å². The van der Waals surface area contributed by atoms with Crippen LogP contribution in [0.3, 0.4) is 0 Å². The van der Waals surface area contributed by atoms with Crippen molar-refractivity contribution in [3.05, 3.63) is 82.9 Å². The van der Waals surface area contributed by atoms with Gasteiger partial charge >= 0.3 is 12.1 Å². The second-order valence-corrected chi connectivity index (χ2v) is 7.09. The number of methoxy groups -OCH3 is 1. The average Bonchev–Trinajstić information content (AvgIpc) is 3.06. The van der Waals surface area contributed by atoms with Crippen LogP contribution in [0.15, 0.2) is 60.7 Å². The number of aryl methyl sites for hydroxylation is 1. The van der Waals surface area contributed by atoms with Gasteiger partial charge in [0.1, 0.15) is 18.0 Å². The Kier molecular flexibility index (Phi) is 5.14. The van der Waals surface area contributed by atoms with E-state index in [1.54, 1.807) is 19.1 Å². The molecule has 30 heavy (non-hydrogen) atoms. The summed E-state index contributed by atoms with van der Waals surface area (Å²) < 4.78 is 10.7. The molecule has 1 aliphatic rings. The number of nitrogens with one attached hydrogen (secondary N) is 1. The van der Waals surface area contributed by atoms with E-state index in [0.29, 0.717) is 5.56 Å². The summed E-state index contributed by atoms with van der Waals surface area (Å²) in [6.45, 7) is 1.79. The zero-order valence-corrected chi connectivity index (χ0v) is 16.6. The summed E-state index contributed by atoms with van der Waals surface area (Å²) in [5, 5.41) is 12.1. The van der Waals surface area contributed by atoms with Gasteiger partial charge in [-0.1, -0.05) is 54.6 Å². The van der Waals surface area contributed by atoms with Gasteiger partial charge in [-0.3, -0.25) is 5.32 Å². The summed E-state index contributed by atoms with van der Waals surface area (Å²) in [7, 11) is 1.42. The van der Waals surface area contributed by atoms with E-state index in [9.17, 15) is 14.7 Å². The molecule has 0 atom stereocenters. The van der Waals surface area contributed by atoms with Crippen molar-refractivity contribution in [3.8, 4) is 16.9 Å². The van der Waals surface area contributed by atoms with Crippen molar-refractivity contribution in [2.75, 3.05) is 19.0 Å². The Morgan fingerprint density at radius 1 is 0.967 bits per heavy atom. The molecule has 0 fully saturated rings. The molecule has 0 aliphatic heterocycles. The van der Waals surface area contributed by atoms with Crippen LogP contribution >= 0.6 is 0 Å². The lowest BCUT2D eigenvalue weighted by atomic mass is 9.98. The van der Waals surface area contributed by atoms with E-state index < -0.39 is 12.1 Å². The number of carboxylic acid groups (broad SMARTS) is 1. The van der Waals surface area contributed by atoms with Gasteiger partial charge in [-0.05, 0) is 40.8 Å². The quantitative estimate of drug-likeness (QED) is 0.622. The maximum Gasteiger partial charge on any atom is 0.411 e. The number of fused-ring (bicyclic) bond motifs is 3. The normalized spacial score (nSPS) is 12.1. The molecule has 3 aromatic carbocycles. The molecule has 2 N–H and O–H groups in total. The lowest BCUT2D eigenvalue weighted by Gasteiger charge is -2.17. The fourth-order valence-electron chi connectivity index (χ4n) is 3.99. The molecule has 3 aromatic rings. The largest absolute Gasteiger partial charge is 0.495 e. The molecule has 0 aromatic heterocycles. The SMILES string of the molecule is COc1ccc(C)c(C(=O)O)c1NC(=O)OCC1c2ccccc2-c2ccccc21. The van der Waals surface area contributed by atoms with Crippen molar-refractivity contribution >= 4 is 17.7 Å². The molecule has 0 spiro atoms. The second kappa shape index (κ2) is 7.91. The summed E-state index contributed by atoms with van der Waals surface area (Å²) in [5.74, 6) is -0.978. The van der Waals surface area contributed by atoms with Crippen molar-refractivity contribution in [3.63, 3.8) is 0 Å². The predicted octanol–water partition coefficient (Wildman–Crippen LogP) is 5.06. The Hall–Kier alpha value is -3.80. The predicted molar refractivity (Wildman–Crippen MR) is 113 cm³/mol. The number of aromatic carboxylic acids is 1. The number of carbonyl (C=O) groups excluding carboxylic acids is 1. The number of anilines is 1. The highest BCUT2D eigenvalue weighted by molar-refractivity contribution is 6.02. The highest BCUT2D eigenvalue weighted by Gasteiger charge is 2.29. The van der Waals surface area contributed by atoms with Crippen LogP contribution in [0.5, 0.6) is 5.75 Å². The number of carboxylic acids is 1. The fraction of sp³-hybridized carbons (Fsp3) is 0.167. The van der Waals surface area contributed by atoms with E-state index in [2.05, 4.69) is 17.4 Å². The summed E-state index contributed by atoms with van der Waals surface area (Å²) in [6.07, 6.45) is -0.733. The summed E-state index contributed by atoms with van der Waals surface area (Å²) >= 11 is 0. The number of ether oxygens (including phenoxy) is 2. The molecular formula is C24H21NO5. The van der Waals surface area contributed by atoms with Gasteiger partial charge in [-0.15, -0.1) is 0 Å². The second-order valence-electron chi connectivity index (χ2n) is 7.09. The lowest BCUT2D eigenvalue weighted by molar-refractivity contribution is 0.0697. The first-order valence-electron chi connectivity index (χ1n) is 9.54. The summed E-state index contributed by atoms with van der Waals surface area (Å²) in [4.78, 5) is 24.3. The number of rotatable bonds is 5. The molecule has 152 valence electrons. The Labute approximate surface area is 174 Å². The minimum atomic E-state index is -1.15. The van der Waals surface area contributed by atoms with Crippen LogP contribution in [-0.2, 0) is 4.74 Å². The van der Waals surface area contributed by atoms with Crippen molar-refractivity contribution in [2.45, 2.75) is 12.8 Å². The minimum Gasteiger partial charge on any atom is -0.495 e. The molecule has 0 saturated carbocycles. The average molecular weight is 403 g/mol. The van der Waals surface area contributed by atoms with Gasteiger partial charge < -0.3 is 14.6 Å². The standard InChI is InChI=1S/C24H21NO5/c1-14-11-12-20(29-2)22(21(14)23(26)27)25-24(28)30-13-19-17-9-5-3-7-15(17)16-8-4-6-10-18(16)19/h3-12,19H,13H2,1-2H3,(H,25,28)(H,26,27). The molecule has 0 radical (unpaired) electrons.